The largest absolute Gasteiger partial charge is 0.387 e. The number of hydrogen-bond donors (Lipinski definition) is 3. The van der Waals surface area contributed by atoms with Gasteiger partial charge in [0.25, 0.3) is 0 Å². The summed E-state index contributed by atoms with van der Waals surface area (Å²) in [6.07, 6.45) is -0.906. The van der Waals surface area contributed by atoms with E-state index < -0.39 is 11.9 Å². The number of halogens is 1. The maximum absolute atomic E-state index is 13.4. The predicted molar refractivity (Wildman–Crippen MR) is 68.0 cm³/mol. The number of aliphatic hydroxyl groups is 1. The third-order valence-corrected chi connectivity index (χ3v) is 3.21. The van der Waals surface area contributed by atoms with E-state index in [1.54, 1.807) is 23.6 Å². The van der Waals surface area contributed by atoms with Crippen molar-refractivity contribution in [3.63, 3.8) is 0 Å². The maximum atomic E-state index is 13.4. The molecular weight excluding hydrogens is 255 g/mol. The molecule has 1 aromatic heterocycles. The average Bonchev–Trinajstić information content (AvgIpc) is 2.75. The highest BCUT2D eigenvalue weighted by atomic mass is 32.1. The van der Waals surface area contributed by atoms with Crippen LogP contribution in [-0.2, 0) is 6.54 Å². The highest BCUT2D eigenvalue weighted by Crippen LogP contribution is 2.15. The summed E-state index contributed by atoms with van der Waals surface area (Å²) in [6.45, 7) is 0.656. The molecule has 2 aromatic rings. The fourth-order valence-corrected chi connectivity index (χ4v) is 2.18. The number of aliphatic hydroxyl groups excluding tert-OH is 1. The highest BCUT2D eigenvalue weighted by Gasteiger charge is 2.11. The standard InChI is InChI=1S/C12H13FN2O2S/c13-10-4-2-1-3-9(10)11(16)6-14-5-8-7-18-12(17)15-8/h1-4,7,11,14,16H,5-6H2,(H,15,17). The molecule has 0 saturated heterocycles. The summed E-state index contributed by atoms with van der Waals surface area (Å²) >= 11 is 1.09. The summed E-state index contributed by atoms with van der Waals surface area (Å²) in [5.74, 6) is -0.421. The quantitative estimate of drug-likeness (QED) is 0.768. The van der Waals surface area contributed by atoms with Gasteiger partial charge in [0.05, 0.1) is 6.10 Å². The van der Waals surface area contributed by atoms with Gasteiger partial charge in [0.2, 0.25) is 0 Å². The van der Waals surface area contributed by atoms with Crippen LogP contribution in [0.25, 0.3) is 0 Å². The third-order valence-electron chi connectivity index (χ3n) is 2.49. The van der Waals surface area contributed by atoms with Gasteiger partial charge in [-0.05, 0) is 6.07 Å². The van der Waals surface area contributed by atoms with Gasteiger partial charge in [-0.2, -0.15) is 0 Å². The fourth-order valence-electron chi connectivity index (χ4n) is 1.60. The van der Waals surface area contributed by atoms with Crippen LogP contribution in [-0.4, -0.2) is 16.6 Å². The predicted octanol–water partition coefficient (Wildman–Crippen LogP) is 1.40. The van der Waals surface area contributed by atoms with E-state index in [2.05, 4.69) is 10.3 Å². The average molecular weight is 268 g/mol. The van der Waals surface area contributed by atoms with Gasteiger partial charge in [-0.15, -0.1) is 0 Å². The first-order valence-electron chi connectivity index (χ1n) is 5.46. The van der Waals surface area contributed by atoms with Gasteiger partial charge in [0, 0.05) is 29.7 Å². The molecule has 0 fully saturated rings. The van der Waals surface area contributed by atoms with Crippen molar-refractivity contribution >= 4 is 11.3 Å². The van der Waals surface area contributed by atoms with Gasteiger partial charge in [0.1, 0.15) is 5.82 Å². The Morgan fingerprint density at radius 1 is 1.44 bits per heavy atom. The molecule has 0 bridgehead atoms. The lowest BCUT2D eigenvalue weighted by Gasteiger charge is -2.12. The minimum Gasteiger partial charge on any atom is -0.387 e. The summed E-state index contributed by atoms with van der Waals surface area (Å²) in [5, 5.41) is 14.5. The third kappa shape index (κ3) is 3.25. The van der Waals surface area contributed by atoms with Gasteiger partial charge in [0.15, 0.2) is 0 Å². The van der Waals surface area contributed by atoms with E-state index >= 15 is 0 Å². The van der Waals surface area contributed by atoms with Gasteiger partial charge in [-0.25, -0.2) is 4.39 Å². The second kappa shape index (κ2) is 5.90. The molecule has 0 aliphatic carbocycles. The molecule has 6 heteroatoms. The van der Waals surface area contributed by atoms with Crippen LogP contribution in [0.5, 0.6) is 0 Å². The van der Waals surface area contributed by atoms with Gasteiger partial charge >= 0.3 is 4.87 Å². The van der Waals surface area contributed by atoms with E-state index in [1.807, 2.05) is 0 Å². The van der Waals surface area contributed by atoms with Gasteiger partial charge < -0.3 is 15.4 Å². The first kappa shape index (κ1) is 12.9. The monoisotopic (exact) mass is 268 g/mol. The van der Waals surface area contributed by atoms with Crippen LogP contribution in [0.15, 0.2) is 34.4 Å². The maximum Gasteiger partial charge on any atom is 0.304 e. The normalized spacial score (nSPS) is 12.6. The lowest BCUT2D eigenvalue weighted by Crippen LogP contribution is -2.22. The van der Waals surface area contributed by atoms with Crippen molar-refractivity contribution in [2.75, 3.05) is 6.54 Å². The van der Waals surface area contributed by atoms with Crippen molar-refractivity contribution in [3.05, 3.63) is 56.4 Å². The summed E-state index contributed by atoms with van der Waals surface area (Å²) in [7, 11) is 0. The Hall–Kier alpha value is -1.50. The van der Waals surface area contributed by atoms with Crippen LogP contribution in [0.2, 0.25) is 0 Å². The molecule has 0 amide bonds. The van der Waals surface area contributed by atoms with E-state index in [0.717, 1.165) is 17.0 Å². The second-order valence-corrected chi connectivity index (χ2v) is 4.68. The summed E-state index contributed by atoms with van der Waals surface area (Å²) in [4.78, 5) is 13.4. The molecule has 0 saturated carbocycles. The zero-order valence-corrected chi connectivity index (χ0v) is 10.3. The Labute approximate surface area is 107 Å². The van der Waals surface area contributed by atoms with Crippen molar-refractivity contribution in [2.24, 2.45) is 0 Å². The number of hydrogen-bond acceptors (Lipinski definition) is 4. The van der Waals surface area contributed by atoms with E-state index in [4.69, 9.17) is 0 Å². The van der Waals surface area contributed by atoms with Crippen LogP contribution >= 0.6 is 11.3 Å². The van der Waals surface area contributed by atoms with E-state index in [9.17, 15) is 14.3 Å². The molecule has 4 nitrogen and oxygen atoms in total. The lowest BCUT2D eigenvalue weighted by molar-refractivity contribution is 0.169. The van der Waals surface area contributed by atoms with Crippen molar-refractivity contribution in [3.8, 4) is 0 Å². The number of benzene rings is 1. The Bertz CT molecular complexity index is 567. The van der Waals surface area contributed by atoms with Crippen molar-refractivity contribution in [1.82, 2.24) is 10.3 Å². The van der Waals surface area contributed by atoms with E-state index in [1.165, 1.54) is 6.07 Å². The Balaban J connectivity index is 1.87. The molecule has 1 unspecified atom stereocenters. The molecule has 96 valence electrons. The fraction of sp³-hybridized carbons (Fsp3) is 0.250. The second-order valence-electron chi connectivity index (χ2n) is 3.84. The molecule has 0 aliphatic heterocycles. The molecule has 1 heterocycles. The Morgan fingerprint density at radius 3 is 2.89 bits per heavy atom. The van der Waals surface area contributed by atoms with Crippen LogP contribution < -0.4 is 10.2 Å². The van der Waals surface area contributed by atoms with Crippen molar-refractivity contribution in [1.29, 1.82) is 0 Å². The van der Waals surface area contributed by atoms with Crippen molar-refractivity contribution < 1.29 is 9.50 Å². The molecule has 0 radical (unpaired) electrons. The van der Waals surface area contributed by atoms with Crippen LogP contribution in [0.4, 0.5) is 4.39 Å². The number of aromatic amines is 1. The van der Waals surface area contributed by atoms with E-state index in [0.29, 0.717) is 6.54 Å². The molecule has 2 rings (SSSR count). The highest BCUT2D eigenvalue weighted by molar-refractivity contribution is 7.07. The van der Waals surface area contributed by atoms with Crippen LogP contribution in [0.1, 0.15) is 17.4 Å². The summed E-state index contributed by atoms with van der Waals surface area (Å²) in [6, 6.07) is 6.12. The molecule has 3 N–H and O–H groups in total. The SMILES string of the molecule is O=c1[nH]c(CNCC(O)c2ccccc2F)cs1. The molecule has 0 spiro atoms. The number of aromatic nitrogens is 1. The van der Waals surface area contributed by atoms with Crippen LogP contribution in [0, 0.1) is 5.82 Å². The molecule has 18 heavy (non-hydrogen) atoms. The van der Waals surface area contributed by atoms with Gasteiger partial charge in [-0.1, -0.05) is 29.5 Å². The van der Waals surface area contributed by atoms with E-state index in [-0.39, 0.29) is 17.0 Å². The topological polar surface area (TPSA) is 65.1 Å². The van der Waals surface area contributed by atoms with Crippen LogP contribution in [0.3, 0.4) is 0 Å². The zero-order valence-electron chi connectivity index (χ0n) is 9.52. The number of thiazole rings is 1. The number of nitrogens with one attached hydrogen (secondary N) is 2. The minimum atomic E-state index is -0.906. The molecule has 0 aliphatic rings. The Kier molecular flexibility index (Phi) is 4.24. The van der Waals surface area contributed by atoms with Crippen molar-refractivity contribution in [2.45, 2.75) is 12.6 Å². The molecular formula is C12H13FN2O2S. The first-order chi connectivity index (χ1) is 8.66. The Morgan fingerprint density at radius 2 is 2.22 bits per heavy atom. The number of H-pyrrole nitrogens is 1. The zero-order chi connectivity index (χ0) is 13.0. The van der Waals surface area contributed by atoms with Gasteiger partial charge in [-0.3, -0.25) is 4.79 Å². The molecule has 1 atom stereocenters. The molecule has 1 aromatic carbocycles. The number of rotatable bonds is 5. The first-order valence-corrected chi connectivity index (χ1v) is 6.34. The minimum absolute atomic E-state index is 0.110. The summed E-state index contributed by atoms with van der Waals surface area (Å²) < 4.78 is 13.4. The lowest BCUT2D eigenvalue weighted by atomic mass is 10.1. The summed E-state index contributed by atoms with van der Waals surface area (Å²) in [5.41, 5.74) is 1.02. The smallest absolute Gasteiger partial charge is 0.304 e.